The minimum Gasteiger partial charge on any atom is -0.497 e. The Morgan fingerprint density at radius 2 is 1.61 bits per heavy atom. The molecule has 0 aromatic heterocycles. The Hall–Kier alpha value is -4.16. The SMILES string of the molecule is COc1ccc(S(=O)(=O)Oc2ccc(/C=C3\SC(=O)N(Cc4ccccc4[N+](=O)[O-])C3=O)cc2)cc1. The summed E-state index contributed by atoms with van der Waals surface area (Å²) in [5.74, 6) is -0.0114. The van der Waals surface area contributed by atoms with Crippen LogP contribution in [0.4, 0.5) is 10.5 Å². The summed E-state index contributed by atoms with van der Waals surface area (Å²) in [5, 5.41) is 10.7. The first-order valence-electron chi connectivity index (χ1n) is 10.3. The highest BCUT2D eigenvalue weighted by Crippen LogP contribution is 2.34. The molecule has 36 heavy (non-hydrogen) atoms. The van der Waals surface area contributed by atoms with E-state index in [0.717, 1.165) is 4.90 Å². The Morgan fingerprint density at radius 1 is 0.972 bits per heavy atom. The molecule has 1 heterocycles. The van der Waals surface area contributed by atoms with Crippen LogP contribution >= 0.6 is 11.8 Å². The molecule has 4 rings (SSSR count). The molecular weight excluding hydrogens is 508 g/mol. The van der Waals surface area contributed by atoms with Crippen molar-refractivity contribution in [1.29, 1.82) is 0 Å². The van der Waals surface area contributed by atoms with Crippen molar-refractivity contribution in [2.75, 3.05) is 7.11 Å². The number of imide groups is 1. The summed E-state index contributed by atoms with van der Waals surface area (Å²) < 4.78 is 35.2. The maximum absolute atomic E-state index is 12.8. The summed E-state index contributed by atoms with van der Waals surface area (Å²) >= 11 is 0.716. The highest BCUT2D eigenvalue weighted by molar-refractivity contribution is 8.18. The molecule has 1 aliphatic heterocycles. The predicted octanol–water partition coefficient (Wildman–Crippen LogP) is 4.61. The lowest BCUT2D eigenvalue weighted by Gasteiger charge is -2.12. The van der Waals surface area contributed by atoms with Gasteiger partial charge in [0.1, 0.15) is 16.4 Å². The zero-order valence-corrected chi connectivity index (χ0v) is 20.3. The number of ether oxygens (including phenoxy) is 1. The van der Waals surface area contributed by atoms with E-state index in [9.17, 15) is 28.1 Å². The Kier molecular flexibility index (Phi) is 7.08. The smallest absolute Gasteiger partial charge is 0.339 e. The van der Waals surface area contributed by atoms with E-state index in [-0.39, 0.29) is 33.3 Å². The Labute approximate surface area is 210 Å². The number of hydrogen-bond donors (Lipinski definition) is 0. The molecule has 0 N–H and O–H groups in total. The van der Waals surface area contributed by atoms with Crippen LogP contribution < -0.4 is 8.92 Å². The zero-order chi connectivity index (χ0) is 25.9. The topological polar surface area (TPSA) is 133 Å². The Balaban J connectivity index is 1.47. The van der Waals surface area contributed by atoms with Crippen molar-refractivity contribution in [1.82, 2.24) is 4.90 Å². The summed E-state index contributed by atoms with van der Waals surface area (Å²) in [4.78, 5) is 36.9. The monoisotopic (exact) mass is 526 g/mol. The van der Waals surface area contributed by atoms with Crippen LogP contribution in [0.2, 0.25) is 0 Å². The van der Waals surface area contributed by atoms with E-state index in [0.29, 0.717) is 23.1 Å². The Bertz CT molecular complexity index is 1470. The number of carbonyl (C=O) groups is 2. The fourth-order valence-electron chi connectivity index (χ4n) is 3.32. The van der Waals surface area contributed by atoms with Gasteiger partial charge in [0.25, 0.3) is 16.8 Å². The van der Waals surface area contributed by atoms with Gasteiger partial charge in [-0.05, 0) is 59.8 Å². The minimum atomic E-state index is -4.06. The van der Waals surface area contributed by atoms with Crippen LogP contribution in [0, 0.1) is 10.1 Å². The van der Waals surface area contributed by atoms with Crippen molar-refractivity contribution in [2.45, 2.75) is 11.4 Å². The van der Waals surface area contributed by atoms with E-state index in [4.69, 9.17) is 8.92 Å². The van der Waals surface area contributed by atoms with Gasteiger partial charge in [0.05, 0.1) is 23.5 Å². The molecule has 0 unspecified atom stereocenters. The summed E-state index contributed by atoms with van der Waals surface area (Å²) in [6, 6.07) is 17.5. The van der Waals surface area contributed by atoms with Gasteiger partial charge in [-0.1, -0.05) is 30.3 Å². The average Bonchev–Trinajstić information content (AvgIpc) is 3.12. The molecule has 3 aromatic carbocycles. The first-order chi connectivity index (χ1) is 17.2. The molecule has 12 heteroatoms. The molecule has 0 aliphatic carbocycles. The molecule has 0 spiro atoms. The number of nitro groups is 1. The van der Waals surface area contributed by atoms with Crippen molar-refractivity contribution in [3.8, 4) is 11.5 Å². The highest BCUT2D eigenvalue weighted by Gasteiger charge is 2.36. The molecule has 1 fully saturated rings. The third-order valence-corrected chi connectivity index (χ3v) is 7.29. The number of methoxy groups -OCH3 is 1. The number of nitro benzene ring substituents is 1. The van der Waals surface area contributed by atoms with Crippen molar-refractivity contribution >= 4 is 44.8 Å². The van der Waals surface area contributed by atoms with Crippen molar-refractivity contribution in [3.05, 3.63) is 98.9 Å². The molecule has 0 atom stereocenters. The lowest BCUT2D eigenvalue weighted by molar-refractivity contribution is -0.385. The third-order valence-electron chi connectivity index (χ3n) is 5.12. The summed E-state index contributed by atoms with van der Waals surface area (Å²) in [6.45, 7) is -0.227. The molecule has 3 aromatic rings. The van der Waals surface area contributed by atoms with E-state index in [1.165, 1.54) is 79.9 Å². The molecule has 0 saturated carbocycles. The number of para-hydroxylation sites is 1. The average molecular weight is 527 g/mol. The van der Waals surface area contributed by atoms with Gasteiger partial charge in [-0.15, -0.1) is 0 Å². The molecule has 2 amide bonds. The second-order valence-electron chi connectivity index (χ2n) is 7.44. The maximum Gasteiger partial charge on any atom is 0.339 e. The van der Waals surface area contributed by atoms with Gasteiger partial charge < -0.3 is 8.92 Å². The van der Waals surface area contributed by atoms with Gasteiger partial charge in [-0.25, -0.2) is 0 Å². The van der Waals surface area contributed by atoms with E-state index in [1.54, 1.807) is 6.07 Å². The second kappa shape index (κ2) is 10.2. The van der Waals surface area contributed by atoms with Crippen molar-refractivity contribution < 1.29 is 31.9 Å². The second-order valence-corrected chi connectivity index (χ2v) is 9.98. The van der Waals surface area contributed by atoms with Gasteiger partial charge in [-0.2, -0.15) is 8.42 Å². The lowest BCUT2D eigenvalue weighted by atomic mass is 10.1. The number of amides is 2. The van der Waals surface area contributed by atoms with Gasteiger partial charge >= 0.3 is 10.1 Å². The van der Waals surface area contributed by atoms with Crippen LogP contribution in [0.15, 0.2) is 82.6 Å². The number of nitrogens with zero attached hydrogens (tertiary/aromatic N) is 2. The summed E-state index contributed by atoms with van der Waals surface area (Å²) in [6.07, 6.45) is 1.48. The summed E-state index contributed by atoms with van der Waals surface area (Å²) in [7, 11) is -2.60. The first kappa shape index (κ1) is 24.9. The Morgan fingerprint density at radius 3 is 2.25 bits per heavy atom. The molecule has 1 saturated heterocycles. The standard InChI is InChI=1S/C24H18N2O8S2/c1-33-18-10-12-20(13-11-18)36(31,32)34-19-8-6-16(7-9-19)14-22-23(27)25(24(28)35-22)15-17-4-2-3-5-21(17)26(29)30/h2-14H,15H2,1H3/b22-14-. The van der Waals surface area contributed by atoms with Crippen LogP contribution in [-0.2, 0) is 21.5 Å². The van der Waals surface area contributed by atoms with E-state index < -0.39 is 26.2 Å². The summed E-state index contributed by atoms with van der Waals surface area (Å²) in [5.41, 5.74) is 0.590. The maximum atomic E-state index is 12.8. The van der Waals surface area contributed by atoms with Crippen LogP contribution in [0.5, 0.6) is 11.5 Å². The zero-order valence-electron chi connectivity index (χ0n) is 18.7. The van der Waals surface area contributed by atoms with Gasteiger partial charge in [0.2, 0.25) is 0 Å². The van der Waals surface area contributed by atoms with Crippen molar-refractivity contribution in [2.24, 2.45) is 0 Å². The largest absolute Gasteiger partial charge is 0.497 e. The fourth-order valence-corrected chi connectivity index (χ4v) is 5.09. The third kappa shape index (κ3) is 5.39. The van der Waals surface area contributed by atoms with E-state index >= 15 is 0 Å². The number of rotatable bonds is 8. The normalized spacial score (nSPS) is 14.8. The number of thioether (sulfide) groups is 1. The molecule has 10 nitrogen and oxygen atoms in total. The van der Waals surface area contributed by atoms with Gasteiger partial charge in [0.15, 0.2) is 0 Å². The van der Waals surface area contributed by atoms with Crippen LogP contribution in [0.25, 0.3) is 6.08 Å². The van der Waals surface area contributed by atoms with Crippen LogP contribution in [0.3, 0.4) is 0 Å². The highest BCUT2D eigenvalue weighted by atomic mass is 32.2. The van der Waals surface area contributed by atoms with Crippen LogP contribution in [0.1, 0.15) is 11.1 Å². The number of benzene rings is 3. The van der Waals surface area contributed by atoms with Gasteiger partial charge in [0, 0.05) is 11.6 Å². The molecule has 184 valence electrons. The molecule has 0 radical (unpaired) electrons. The van der Waals surface area contributed by atoms with E-state index in [2.05, 4.69) is 0 Å². The van der Waals surface area contributed by atoms with Crippen LogP contribution in [-0.4, -0.2) is 36.5 Å². The first-order valence-corrected chi connectivity index (χ1v) is 12.6. The minimum absolute atomic E-state index is 0.0419. The number of hydrogen-bond acceptors (Lipinski definition) is 9. The quantitative estimate of drug-likeness (QED) is 0.179. The lowest BCUT2D eigenvalue weighted by Crippen LogP contribution is -2.27. The predicted molar refractivity (Wildman–Crippen MR) is 132 cm³/mol. The fraction of sp³-hybridized carbons (Fsp3) is 0.0833. The molecule has 1 aliphatic rings. The molecular formula is C24H18N2O8S2. The van der Waals surface area contributed by atoms with E-state index in [1.807, 2.05) is 0 Å². The molecule has 0 bridgehead atoms. The van der Waals surface area contributed by atoms with Gasteiger partial charge in [-0.3, -0.25) is 24.6 Å². The number of carbonyl (C=O) groups excluding carboxylic acids is 2. The van der Waals surface area contributed by atoms with Crippen molar-refractivity contribution in [3.63, 3.8) is 0 Å².